The maximum atomic E-state index is 12.8. The van der Waals surface area contributed by atoms with Crippen LogP contribution in [0.5, 0.6) is 0 Å². The van der Waals surface area contributed by atoms with Crippen molar-refractivity contribution in [2.45, 2.75) is 52.1 Å². The molecule has 5 rings (SSSR count). The van der Waals surface area contributed by atoms with Gasteiger partial charge in [0.15, 0.2) is 0 Å². The first-order valence-corrected chi connectivity index (χ1v) is 11.7. The Balaban J connectivity index is 1.15. The predicted molar refractivity (Wildman–Crippen MR) is 125 cm³/mol. The summed E-state index contributed by atoms with van der Waals surface area (Å²) in [5, 5.41) is 1.34. The number of para-hydroxylation sites is 2. The molecule has 7 heteroatoms. The fourth-order valence-electron chi connectivity index (χ4n) is 4.79. The van der Waals surface area contributed by atoms with Gasteiger partial charge in [0.1, 0.15) is 6.04 Å². The molecule has 0 aliphatic carbocycles. The van der Waals surface area contributed by atoms with Crippen LogP contribution < -0.4 is 10.7 Å². The fourth-order valence-corrected chi connectivity index (χ4v) is 4.79. The molecule has 1 unspecified atom stereocenters. The molecule has 1 fully saturated rings. The molecule has 0 radical (unpaired) electrons. The van der Waals surface area contributed by atoms with Gasteiger partial charge in [0.05, 0.1) is 28.1 Å². The zero-order valence-electron chi connectivity index (χ0n) is 19.2. The third kappa shape index (κ3) is 4.45. The molecule has 2 aliphatic rings. The number of nitrogens with zero attached hydrogens (tertiary/aromatic N) is 5. The highest BCUT2D eigenvalue weighted by Gasteiger charge is 2.26. The van der Waals surface area contributed by atoms with Gasteiger partial charge in [-0.2, -0.15) is 0 Å². The summed E-state index contributed by atoms with van der Waals surface area (Å²) in [7, 11) is 0. The van der Waals surface area contributed by atoms with Gasteiger partial charge >= 0.3 is 0 Å². The highest BCUT2D eigenvalue weighted by molar-refractivity contribution is 5.84. The molecule has 0 N–H and O–H groups in total. The van der Waals surface area contributed by atoms with E-state index in [1.807, 2.05) is 29.4 Å². The zero-order valence-corrected chi connectivity index (χ0v) is 19.2. The molecule has 1 atom stereocenters. The summed E-state index contributed by atoms with van der Waals surface area (Å²) in [4.78, 5) is 40.2. The molecule has 170 valence electrons. The highest BCUT2D eigenvalue weighted by atomic mass is 16.2. The first kappa shape index (κ1) is 21.5. The van der Waals surface area contributed by atoms with Gasteiger partial charge in [0.2, 0.25) is 5.91 Å². The number of benzene rings is 2. The number of likely N-dealkylation sites (tertiary alicyclic amines) is 1. The van der Waals surface area contributed by atoms with Crippen LogP contribution in [0.1, 0.15) is 36.8 Å². The van der Waals surface area contributed by atoms with Gasteiger partial charge in [-0.25, -0.2) is 9.98 Å². The van der Waals surface area contributed by atoms with Crippen molar-refractivity contribution in [3.8, 4) is 0 Å². The van der Waals surface area contributed by atoms with Crippen LogP contribution >= 0.6 is 0 Å². The van der Waals surface area contributed by atoms with Crippen molar-refractivity contribution in [2.24, 2.45) is 15.9 Å². The van der Waals surface area contributed by atoms with Crippen molar-refractivity contribution >= 4 is 22.8 Å². The molecule has 33 heavy (non-hydrogen) atoms. The maximum Gasteiger partial charge on any atom is 0.271 e. The van der Waals surface area contributed by atoms with E-state index in [0.717, 1.165) is 43.3 Å². The summed E-state index contributed by atoms with van der Waals surface area (Å²) in [5.74, 6) is 0.381. The van der Waals surface area contributed by atoms with E-state index in [0.29, 0.717) is 24.1 Å². The number of piperidine rings is 1. The first-order chi connectivity index (χ1) is 16.0. The van der Waals surface area contributed by atoms with Crippen LogP contribution in [0.15, 0.2) is 52.7 Å². The smallest absolute Gasteiger partial charge is 0.271 e. The van der Waals surface area contributed by atoms with Gasteiger partial charge in [0.25, 0.3) is 5.91 Å². The second kappa shape index (κ2) is 8.89. The monoisotopic (exact) mass is 443 g/mol. The summed E-state index contributed by atoms with van der Waals surface area (Å²) in [5.41, 5.74) is 4.77. The molecule has 1 saturated heterocycles. The maximum absolute atomic E-state index is 12.8. The summed E-state index contributed by atoms with van der Waals surface area (Å²) in [6, 6.07) is 11.2. The number of amides is 2. The van der Waals surface area contributed by atoms with Crippen molar-refractivity contribution in [3.63, 3.8) is 0 Å². The number of carbonyl (C=O) groups is 2. The molecule has 0 saturated carbocycles. The van der Waals surface area contributed by atoms with Crippen LogP contribution in [0.3, 0.4) is 0 Å². The largest absolute Gasteiger partial charge is 0.343 e. The van der Waals surface area contributed by atoms with Crippen LogP contribution in [0, 0.1) is 19.8 Å². The lowest BCUT2D eigenvalue weighted by Gasteiger charge is -2.32. The normalized spacial score (nSPS) is 18.7. The van der Waals surface area contributed by atoms with Gasteiger partial charge in [-0.15, -0.1) is 0 Å². The molecule has 2 amide bonds. The van der Waals surface area contributed by atoms with E-state index in [4.69, 9.17) is 0 Å². The van der Waals surface area contributed by atoms with Crippen molar-refractivity contribution < 1.29 is 9.59 Å². The summed E-state index contributed by atoms with van der Waals surface area (Å²) in [6.07, 6.45) is 4.63. The quantitative estimate of drug-likeness (QED) is 0.608. The summed E-state index contributed by atoms with van der Waals surface area (Å²) >= 11 is 0. The van der Waals surface area contributed by atoms with Crippen molar-refractivity contribution in [1.82, 2.24) is 14.5 Å². The van der Waals surface area contributed by atoms with E-state index in [1.165, 1.54) is 16.6 Å². The Kier molecular flexibility index (Phi) is 5.79. The van der Waals surface area contributed by atoms with Crippen LogP contribution in [0.2, 0.25) is 0 Å². The zero-order chi connectivity index (χ0) is 22.9. The molecular formula is C26H29N5O2. The van der Waals surface area contributed by atoms with Gasteiger partial charge in [-0.05, 0) is 74.4 Å². The Bertz CT molecular complexity index is 1330. The first-order valence-electron chi connectivity index (χ1n) is 11.7. The van der Waals surface area contributed by atoms with Gasteiger partial charge < -0.3 is 9.47 Å². The standard InChI is InChI=1S/C26H29N5O2/c1-17-13-23-24(14-18(17)2)31(16-27-23)15-19-9-11-30(12-10-19)25(32)8-7-22-26(33)29-21-6-4-3-5-20(21)28-22/h3-6,13-14,16,19,22H,7-12,15H2,1-2H3. The Labute approximate surface area is 192 Å². The third-order valence-electron chi connectivity index (χ3n) is 6.98. The molecule has 1 aromatic heterocycles. The Hall–Kier alpha value is -3.35. The molecule has 0 spiro atoms. The van der Waals surface area contributed by atoms with E-state index >= 15 is 0 Å². The molecule has 3 heterocycles. The Morgan fingerprint density at radius 3 is 2.58 bits per heavy atom. The van der Waals surface area contributed by atoms with Gasteiger partial charge in [-0.3, -0.25) is 14.6 Å². The minimum absolute atomic E-state index is 0.106. The average molecular weight is 444 g/mol. The minimum Gasteiger partial charge on any atom is -0.343 e. The average Bonchev–Trinajstić information content (AvgIpc) is 3.19. The van der Waals surface area contributed by atoms with E-state index in [9.17, 15) is 9.59 Å². The molecule has 0 bridgehead atoms. The molecule has 2 aromatic carbocycles. The van der Waals surface area contributed by atoms with Crippen LogP contribution in [0.4, 0.5) is 0 Å². The lowest BCUT2D eigenvalue weighted by molar-refractivity contribution is -0.133. The van der Waals surface area contributed by atoms with Crippen LogP contribution in [0.25, 0.3) is 11.0 Å². The Morgan fingerprint density at radius 2 is 1.79 bits per heavy atom. The number of aromatic nitrogens is 2. The number of carbonyl (C=O) groups excluding carboxylic acids is 2. The van der Waals surface area contributed by atoms with E-state index in [1.54, 1.807) is 6.07 Å². The van der Waals surface area contributed by atoms with Crippen molar-refractivity contribution in [3.05, 3.63) is 64.6 Å². The number of hydrogen-bond acceptors (Lipinski definition) is 4. The fraction of sp³-hybridized carbons (Fsp3) is 0.423. The van der Waals surface area contributed by atoms with Crippen LogP contribution in [-0.4, -0.2) is 45.4 Å². The van der Waals surface area contributed by atoms with Crippen molar-refractivity contribution in [1.29, 1.82) is 0 Å². The Morgan fingerprint density at radius 1 is 1.06 bits per heavy atom. The molecule has 2 aliphatic heterocycles. The minimum atomic E-state index is -0.553. The summed E-state index contributed by atoms with van der Waals surface area (Å²) < 4.78 is 2.25. The highest BCUT2D eigenvalue weighted by Crippen LogP contribution is 2.24. The second-order valence-corrected chi connectivity index (χ2v) is 9.27. The predicted octanol–water partition coefficient (Wildman–Crippen LogP) is 2.52. The van der Waals surface area contributed by atoms with Crippen molar-refractivity contribution in [2.75, 3.05) is 13.1 Å². The van der Waals surface area contributed by atoms with Gasteiger partial charge in [-0.1, -0.05) is 12.1 Å². The lowest BCUT2D eigenvalue weighted by atomic mass is 9.96. The van der Waals surface area contributed by atoms with Gasteiger partial charge in [0, 0.05) is 26.1 Å². The van der Waals surface area contributed by atoms with E-state index in [2.05, 4.69) is 45.5 Å². The van der Waals surface area contributed by atoms with Crippen LogP contribution in [-0.2, 0) is 16.1 Å². The van der Waals surface area contributed by atoms with E-state index < -0.39 is 6.04 Å². The molecular weight excluding hydrogens is 414 g/mol. The topological polar surface area (TPSA) is 79.9 Å². The number of imidazole rings is 1. The SMILES string of the molecule is Cc1cc2ncn(CC3CCN(C(=O)CCC4N=c5ccccc5=NC4=O)CC3)c2cc1C. The van der Waals surface area contributed by atoms with E-state index in [-0.39, 0.29) is 11.8 Å². The lowest BCUT2D eigenvalue weighted by Crippen LogP contribution is -2.40. The third-order valence-corrected chi connectivity index (χ3v) is 6.98. The molecule has 7 nitrogen and oxygen atoms in total. The number of hydrogen-bond donors (Lipinski definition) is 0. The number of fused-ring (bicyclic) bond motifs is 2. The number of rotatable bonds is 5. The number of aryl methyl sites for hydroxylation is 2. The molecule has 3 aromatic rings. The second-order valence-electron chi connectivity index (χ2n) is 9.27. The summed E-state index contributed by atoms with van der Waals surface area (Å²) in [6.45, 7) is 6.70.